The van der Waals surface area contributed by atoms with Gasteiger partial charge in [-0.2, -0.15) is 0 Å². The SMILES string of the molecule is O=C(Nc1cccc(N2CCCNC2=O)c1)C1CC2CCCCC2N1. The molecule has 3 fully saturated rings. The van der Waals surface area contributed by atoms with E-state index in [0.29, 0.717) is 18.5 Å². The molecule has 3 aliphatic rings. The molecule has 0 aromatic heterocycles. The molecule has 1 aromatic rings. The first-order valence-corrected chi connectivity index (χ1v) is 9.43. The van der Waals surface area contributed by atoms with E-state index < -0.39 is 0 Å². The predicted octanol–water partition coefficient (Wildman–Crippen LogP) is 2.47. The molecule has 4 rings (SSSR count). The van der Waals surface area contributed by atoms with E-state index in [1.807, 2.05) is 24.3 Å². The van der Waals surface area contributed by atoms with Gasteiger partial charge < -0.3 is 16.0 Å². The maximum atomic E-state index is 12.6. The Morgan fingerprint density at radius 2 is 2.08 bits per heavy atom. The number of nitrogens with one attached hydrogen (secondary N) is 3. The number of carbonyl (C=O) groups excluding carboxylic acids is 2. The molecule has 6 heteroatoms. The molecule has 3 amide bonds. The third-order valence-electron chi connectivity index (χ3n) is 5.68. The van der Waals surface area contributed by atoms with E-state index in [0.717, 1.165) is 30.8 Å². The second-order valence-electron chi connectivity index (χ2n) is 7.38. The summed E-state index contributed by atoms with van der Waals surface area (Å²) in [5.41, 5.74) is 1.57. The van der Waals surface area contributed by atoms with Gasteiger partial charge in [-0.1, -0.05) is 18.9 Å². The van der Waals surface area contributed by atoms with Gasteiger partial charge in [-0.15, -0.1) is 0 Å². The molecule has 1 saturated carbocycles. The highest BCUT2D eigenvalue weighted by Crippen LogP contribution is 2.33. The van der Waals surface area contributed by atoms with Crippen molar-refractivity contribution in [3.05, 3.63) is 24.3 Å². The first-order valence-electron chi connectivity index (χ1n) is 9.43. The number of hydrogen-bond acceptors (Lipinski definition) is 3. The fraction of sp³-hybridized carbons (Fsp3) is 0.579. The van der Waals surface area contributed by atoms with E-state index in [9.17, 15) is 9.59 Å². The Balaban J connectivity index is 1.41. The molecule has 6 nitrogen and oxygen atoms in total. The van der Waals surface area contributed by atoms with E-state index in [1.54, 1.807) is 4.90 Å². The van der Waals surface area contributed by atoms with Crippen molar-refractivity contribution in [2.45, 2.75) is 50.6 Å². The molecule has 25 heavy (non-hydrogen) atoms. The number of fused-ring (bicyclic) bond motifs is 1. The van der Waals surface area contributed by atoms with E-state index in [-0.39, 0.29) is 18.0 Å². The van der Waals surface area contributed by atoms with Gasteiger partial charge in [-0.3, -0.25) is 9.69 Å². The molecule has 2 heterocycles. The van der Waals surface area contributed by atoms with Gasteiger partial charge in [0.1, 0.15) is 0 Å². The van der Waals surface area contributed by atoms with Crippen LogP contribution in [0.4, 0.5) is 16.2 Å². The Hall–Kier alpha value is -2.08. The highest BCUT2D eigenvalue weighted by Gasteiger charge is 2.38. The van der Waals surface area contributed by atoms with Crippen LogP contribution in [0, 0.1) is 5.92 Å². The summed E-state index contributed by atoms with van der Waals surface area (Å²) < 4.78 is 0. The highest BCUT2D eigenvalue weighted by atomic mass is 16.2. The zero-order valence-electron chi connectivity index (χ0n) is 14.5. The first-order chi connectivity index (χ1) is 12.2. The number of rotatable bonds is 3. The third kappa shape index (κ3) is 3.49. The zero-order chi connectivity index (χ0) is 17.2. The van der Waals surface area contributed by atoms with Crippen LogP contribution in [0.25, 0.3) is 0 Å². The summed E-state index contributed by atoms with van der Waals surface area (Å²) in [4.78, 5) is 26.4. The van der Waals surface area contributed by atoms with Gasteiger partial charge in [0.2, 0.25) is 5.91 Å². The number of benzene rings is 1. The Kier molecular flexibility index (Phi) is 4.61. The van der Waals surface area contributed by atoms with Crippen LogP contribution in [0.15, 0.2) is 24.3 Å². The van der Waals surface area contributed by atoms with Crippen molar-refractivity contribution in [1.82, 2.24) is 10.6 Å². The van der Waals surface area contributed by atoms with Crippen LogP contribution in [0.5, 0.6) is 0 Å². The zero-order valence-corrected chi connectivity index (χ0v) is 14.5. The number of nitrogens with zero attached hydrogens (tertiary/aromatic N) is 1. The summed E-state index contributed by atoms with van der Waals surface area (Å²) >= 11 is 0. The van der Waals surface area contributed by atoms with Gasteiger partial charge in [-0.25, -0.2) is 4.79 Å². The Bertz CT molecular complexity index is 649. The first kappa shape index (κ1) is 16.4. The molecule has 1 aromatic carbocycles. The Morgan fingerprint density at radius 1 is 1.20 bits per heavy atom. The van der Waals surface area contributed by atoms with Crippen molar-refractivity contribution >= 4 is 23.3 Å². The molecule has 0 radical (unpaired) electrons. The molecule has 1 aliphatic carbocycles. The minimum absolute atomic E-state index is 0.0367. The fourth-order valence-corrected chi connectivity index (χ4v) is 4.38. The normalized spacial score (nSPS) is 29.0. The summed E-state index contributed by atoms with van der Waals surface area (Å²) in [6.07, 6.45) is 6.84. The summed E-state index contributed by atoms with van der Waals surface area (Å²) in [5.74, 6) is 0.683. The van der Waals surface area contributed by atoms with Crippen molar-refractivity contribution < 1.29 is 9.59 Å². The number of urea groups is 1. The van der Waals surface area contributed by atoms with Crippen LogP contribution < -0.4 is 20.9 Å². The van der Waals surface area contributed by atoms with Gasteiger partial charge in [-0.05, 0) is 49.8 Å². The van der Waals surface area contributed by atoms with Crippen molar-refractivity contribution in [3.63, 3.8) is 0 Å². The maximum absolute atomic E-state index is 12.6. The smallest absolute Gasteiger partial charge is 0.321 e. The molecule has 3 unspecified atom stereocenters. The summed E-state index contributed by atoms with van der Waals surface area (Å²) in [7, 11) is 0. The second kappa shape index (κ2) is 7.04. The van der Waals surface area contributed by atoms with Crippen molar-refractivity contribution in [2.75, 3.05) is 23.3 Å². The number of carbonyl (C=O) groups is 2. The lowest BCUT2D eigenvalue weighted by Crippen LogP contribution is -2.46. The molecular formula is C19H26N4O2. The third-order valence-corrected chi connectivity index (χ3v) is 5.68. The van der Waals surface area contributed by atoms with Crippen LogP contribution in [-0.2, 0) is 4.79 Å². The number of amides is 3. The summed E-state index contributed by atoms with van der Waals surface area (Å²) in [6.45, 7) is 1.43. The predicted molar refractivity (Wildman–Crippen MR) is 97.7 cm³/mol. The van der Waals surface area contributed by atoms with E-state index in [4.69, 9.17) is 0 Å². The highest BCUT2D eigenvalue weighted by molar-refractivity contribution is 5.97. The molecule has 2 aliphatic heterocycles. The van der Waals surface area contributed by atoms with Crippen LogP contribution in [0.1, 0.15) is 38.5 Å². The molecule has 0 spiro atoms. The Morgan fingerprint density at radius 3 is 2.92 bits per heavy atom. The molecular weight excluding hydrogens is 316 g/mol. The number of hydrogen-bond donors (Lipinski definition) is 3. The molecule has 3 atom stereocenters. The quantitative estimate of drug-likeness (QED) is 0.790. The molecule has 0 bridgehead atoms. The van der Waals surface area contributed by atoms with Crippen LogP contribution in [0.2, 0.25) is 0 Å². The summed E-state index contributed by atoms with van der Waals surface area (Å²) in [5, 5.41) is 9.39. The van der Waals surface area contributed by atoms with Crippen LogP contribution in [-0.4, -0.2) is 37.1 Å². The minimum atomic E-state index is -0.102. The second-order valence-corrected chi connectivity index (χ2v) is 7.38. The molecule has 3 N–H and O–H groups in total. The topological polar surface area (TPSA) is 73.5 Å². The standard InChI is InChI=1S/C19H26N4O2/c24-18(17-11-13-5-1-2-8-16(13)22-17)21-14-6-3-7-15(12-14)23-10-4-9-20-19(23)25/h3,6-7,12-13,16-17,22H,1-2,4-5,8-11H2,(H,20,25)(H,21,24). The van der Waals surface area contributed by atoms with E-state index >= 15 is 0 Å². The minimum Gasteiger partial charge on any atom is -0.338 e. The van der Waals surface area contributed by atoms with Gasteiger partial charge in [0.05, 0.1) is 6.04 Å². The van der Waals surface area contributed by atoms with Crippen molar-refractivity contribution in [1.29, 1.82) is 0 Å². The lowest BCUT2D eigenvalue weighted by Gasteiger charge is -2.27. The van der Waals surface area contributed by atoms with Gasteiger partial charge in [0, 0.05) is 30.5 Å². The van der Waals surface area contributed by atoms with E-state index in [1.165, 1.54) is 25.7 Å². The maximum Gasteiger partial charge on any atom is 0.321 e. The number of anilines is 2. The van der Waals surface area contributed by atoms with E-state index in [2.05, 4.69) is 16.0 Å². The average molecular weight is 342 g/mol. The monoisotopic (exact) mass is 342 g/mol. The Labute approximate surface area is 148 Å². The molecule has 134 valence electrons. The lowest BCUT2D eigenvalue weighted by molar-refractivity contribution is -0.117. The van der Waals surface area contributed by atoms with Crippen molar-refractivity contribution in [2.24, 2.45) is 5.92 Å². The van der Waals surface area contributed by atoms with Gasteiger partial charge >= 0.3 is 6.03 Å². The molecule has 2 saturated heterocycles. The van der Waals surface area contributed by atoms with Crippen LogP contribution in [0.3, 0.4) is 0 Å². The summed E-state index contributed by atoms with van der Waals surface area (Å²) in [6, 6.07) is 7.88. The lowest BCUT2D eigenvalue weighted by atomic mass is 9.85. The largest absolute Gasteiger partial charge is 0.338 e. The fourth-order valence-electron chi connectivity index (χ4n) is 4.38. The van der Waals surface area contributed by atoms with Gasteiger partial charge in [0.15, 0.2) is 0 Å². The van der Waals surface area contributed by atoms with Gasteiger partial charge in [0.25, 0.3) is 0 Å². The van der Waals surface area contributed by atoms with Crippen molar-refractivity contribution in [3.8, 4) is 0 Å². The average Bonchev–Trinajstić information content (AvgIpc) is 3.07. The van der Waals surface area contributed by atoms with Crippen LogP contribution >= 0.6 is 0 Å².